The predicted octanol–water partition coefficient (Wildman–Crippen LogP) is 2.25. The Bertz CT molecular complexity index is 854. The lowest BCUT2D eigenvalue weighted by Crippen LogP contribution is -2.24. The Kier molecular flexibility index (Phi) is 4.81. The van der Waals surface area contributed by atoms with E-state index in [-0.39, 0.29) is 18.9 Å². The van der Waals surface area contributed by atoms with Crippen molar-refractivity contribution < 1.29 is 14.3 Å². The number of carbonyl (C=O) groups is 1. The number of hydrogen-bond donors (Lipinski definition) is 2. The molecule has 2 N–H and O–H groups in total. The first kappa shape index (κ1) is 16.3. The largest absolute Gasteiger partial charge is 0.454 e. The smallest absolute Gasteiger partial charge is 0.263 e. The molecule has 1 aliphatic heterocycles. The molecule has 0 radical (unpaired) electrons. The first-order valence-corrected chi connectivity index (χ1v) is 7.62. The van der Waals surface area contributed by atoms with E-state index in [1.54, 1.807) is 18.3 Å². The molecule has 1 aromatic heterocycles. The van der Waals surface area contributed by atoms with E-state index < -0.39 is 5.91 Å². The maximum atomic E-state index is 12.1. The zero-order chi connectivity index (χ0) is 17.6. The molecule has 1 amide bonds. The van der Waals surface area contributed by atoms with Crippen LogP contribution in [0.2, 0.25) is 0 Å². The Hall–Kier alpha value is -3.53. The summed E-state index contributed by atoms with van der Waals surface area (Å²) in [4.78, 5) is 16.3. The molecule has 0 atom stereocenters. The topological polar surface area (TPSA) is 96.3 Å². The number of anilines is 1. The van der Waals surface area contributed by atoms with Crippen LogP contribution in [0.15, 0.2) is 48.3 Å². The number of ether oxygens (including phenoxy) is 2. The van der Waals surface area contributed by atoms with E-state index in [4.69, 9.17) is 9.47 Å². The van der Waals surface area contributed by atoms with Crippen molar-refractivity contribution in [2.45, 2.75) is 13.5 Å². The second-order valence-electron chi connectivity index (χ2n) is 5.37. The number of aromatic nitrogens is 1. The molecule has 1 aliphatic rings. The zero-order valence-electron chi connectivity index (χ0n) is 13.6. The quantitative estimate of drug-likeness (QED) is 0.642. The molecule has 7 heteroatoms. The molecule has 2 heterocycles. The third-order valence-electron chi connectivity index (χ3n) is 3.55. The average Bonchev–Trinajstić information content (AvgIpc) is 3.09. The average molecular weight is 336 g/mol. The number of carbonyl (C=O) groups excluding carboxylic acids is 1. The van der Waals surface area contributed by atoms with Gasteiger partial charge in [0.25, 0.3) is 5.91 Å². The monoisotopic (exact) mass is 336 g/mol. The number of nitrogens with zero attached hydrogens (tertiary/aromatic N) is 2. The standard InChI is InChI=1S/C18H16N4O3/c1-12-2-4-15(10-20-12)21-9-14(7-19)18(23)22-8-13-3-5-16-17(6-13)25-11-24-16/h2-6,9-10,21H,8,11H2,1H3,(H,22,23)/b14-9-. The highest BCUT2D eigenvalue weighted by Crippen LogP contribution is 2.32. The Labute approximate surface area is 144 Å². The number of fused-ring (bicyclic) bond motifs is 1. The molecule has 2 aromatic rings. The van der Waals surface area contributed by atoms with Gasteiger partial charge in [-0.25, -0.2) is 0 Å². The van der Waals surface area contributed by atoms with Gasteiger partial charge in [0.15, 0.2) is 11.5 Å². The van der Waals surface area contributed by atoms with Gasteiger partial charge in [-0.05, 0) is 36.8 Å². The van der Waals surface area contributed by atoms with E-state index in [1.165, 1.54) is 6.20 Å². The van der Waals surface area contributed by atoms with Crippen LogP contribution in [0.4, 0.5) is 5.69 Å². The summed E-state index contributed by atoms with van der Waals surface area (Å²) in [6.07, 6.45) is 2.99. The van der Waals surface area contributed by atoms with Gasteiger partial charge in [0.05, 0.1) is 11.9 Å². The minimum absolute atomic E-state index is 0.0266. The van der Waals surface area contributed by atoms with Crippen LogP contribution in [0.1, 0.15) is 11.3 Å². The highest BCUT2D eigenvalue weighted by molar-refractivity contribution is 5.97. The van der Waals surface area contributed by atoms with Crippen LogP contribution >= 0.6 is 0 Å². The maximum absolute atomic E-state index is 12.1. The highest BCUT2D eigenvalue weighted by Gasteiger charge is 2.14. The molecule has 0 unspecified atom stereocenters. The van der Waals surface area contributed by atoms with E-state index >= 15 is 0 Å². The minimum atomic E-state index is -0.465. The molecule has 0 aliphatic carbocycles. The molecule has 3 rings (SSSR count). The van der Waals surface area contributed by atoms with Crippen molar-refractivity contribution in [2.24, 2.45) is 0 Å². The number of pyridine rings is 1. The first-order chi connectivity index (χ1) is 12.2. The molecule has 0 saturated heterocycles. The van der Waals surface area contributed by atoms with Crippen molar-refractivity contribution in [2.75, 3.05) is 12.1 Å². The summed E-state index contributed by atoms with van der Waals surface area (Å²) in [7, 11) is 0. The van der Waals surface area contributed by atoms with Crippen LogP contribution in [0.5, 0.6) is 11.5 Å². The molecule has 7 nitrogen and oxygen atoms in total. The van der Waals surface area contributed by atoms with Crippen molar-refractivity contribution >= 4 is 11.6 Å². The van der Waals surface area contributed by atoms with Gasteiger partial charge in [-0.3, -0.25) is 9.78 Å². The second-order valence-corrected chi connectivity index (χ2v) is 5.37. The summed E-state index contributed by atoms with van der Waals surface area (Å²) >= 11 is 0. The first-order valence-electron chi connectivity index (χ1n) is 7.62. The molecular weight excluding hydrogens is 320 g/mol. The Morgan fingerprint density at radius 2 is 2.16 bits per heavy atom. The lowest BCUT2D eigenvalue weighted by Gasteiger charge is -2.06. The summed E-state index contributed by atoms with van der Waals surface area (Å²) in [6.45, 7) is 2.36. The Morgan fingerprint density at radius 3 is 2.92 bits per heavy atom. The van der Waals surface area contributed by atoms with Crippen molar-refractivity contribution in [3.8, 4) is 17.6 Å². The number of aryl methyl sites for hydroxylation is 1. The Balaban J connectivity index is 1.59. The van der Waals surface area contributed by atoms with Crippen LogP contribution in [0.3, 0.4) is 0 Å². The molecule has 25 heavy (non-hydrogen) atoms. The third-order valence-corrected chi connectivity index (χ3v) is 3.55. The van der Waals surface area contributed by atoms with Gasteiger partial charge >= 0.3 is 0 Å². The summed E-state index contributed by atoms with van der Waals surface area (Å²) < 4.78 is 10.5. The number of benzene rings is 1. The number of rotatable bonds is 5. The van der Waals surface area contributed by atoms with Crippen molar-refractivity contribution in [3.05, 3.63) is 59.6 Å². The number of nitrogens with one attached hydrogen (secondary N) is 2. The SMILES string of the molecule is Cc1ccc(N/C=C(/C#N)C(=O)NCc2ccc3c(c2)OCO3)cn1. The van der Waals surface area contributed by atoms with Crippen LogP contribution in [0, 0.1) is 18.3 Å². The normalized spacial score (nSPS) is 12.4. The number of nitriles is 1. The van der Waals surface area contributed by atoms with Gasteiger partial charge in [0.1, 0.15) is 11.6 Å². The number of amides is 1. The molecule has 126 valence electrons. The lowest BCUT2D eigenvalue weighted by atomic mass is 10.2. The van der Waals surface area contributed by atoms with Crippen molar-refractivity contribution in [3.63, 3.8) is 0 Å². The molecule has 0 spiro atoms. The van der Waals surface area contributed by atoms with E-state index in [1.807, 2.05) is 31.2 Å². The fraction of sp³-hybridized carbons (Fsp3) is 0.167. The predicted molar refractivity (Wildman–Crippen MR) is 90.7 cm³/mol. The van der Waals surface area contributed by atoms with Crippen LogP contribution in [-0.4, -0.2) is 17.7 Å². The molecule has 0 fully saturated rings. The summed E-state index contributed by atoms with van der Waals surface area (Å²) in [5.74, 6) is 0.868. The van der Waals surface area contributed by atoms with Gasteiger partial charge in [-0.15, -0.1) is 0 Å². The molecule has 0 saturated carbocycles. The lowest BCUT2D eigenvalue weighted by molar-refractivity contribution is -0.117. The summed E-state index contributed by atoms with van der Waals surface area (Å²) in [5, 5.41) is 14.8. The molecule has 0 bridgehead atoms. The van der Waals surface area contributed by atoms with E-state index in [2.05, 4.69) is 15.6 Å². The van der Waals surface area contributed by atoms with E-state index in [9.17, 15) is 10.1 Å². The van der Waals surface area contributed by atoms with Gasteiger partial charge in [0.2, 0.25) is 6.79 Å². The third kappa shape index (κ3) is 4.06. The summed E-state index contributed by atoms with van der Waals surface area (Å²) in [5.41, 5.74) is 2.41. The maximum Gasteiger partial charge on any atom is 0.263 e. The number of hydrogen-bond acceptors (Lipinski definition) is 6. The second kappa shape index (κ2) is 7.36. The molecular formula is C18H16N4O3. The van der Waals surface area contributed by atoms with Gasteiger partial charge < -0.3 is 20.1 Å². The van der Waals surface area contributed by atoms with Gasteiger partial charge in [-0.2, -0.15) is 5.26 Å². The van der Waals surface area contributed by atoms with Crippen LogP contribution in [0.25, 0.3) is 0 Å². The zero-order valence-corrected chi connectivity index (χ0v) is 13.6. The Morgan fingerprint density at radius 1 is 1.32 bits per heavy atom. The highest BCUT2D eigenvalue weighted by atomic mass is 16.7. The fourth-order valence-electron chi connectivity index (χ4n) is 2.19. The van der Waals surface area contributed by atoms with Crippen molar-refractivity contribution in [1.82, 2.24) is 10.3 Å². The van der Waals surface area contributed by atoms with Gasteiger partial charge in [-0.1, -0.05) is 6.07 Å². The molecule has 1 aromatic carbocycles. The van der Waals surface area contributed by atoms with Gasteiger partial charge in [0, 0.05) is 18.4 Å². The van der Waals surface area contributed by atoms with E-state index in [0.717, 1.165) is 11.3 Å². The minimum Gasteiger partial charge on any atom is -0.454 e. The summed E-state index contributed by atoms with van der Waals surface area (Å²) in [6, 6.07) is 11.0. The van der Waals surface area contributed by atoms with Crippen LogP contribution in [-0.2, 0) is 11.3 Å². The van der Waals surface area contributed by atoms with Crippen LogP contribution < -0.4 is 20.1 Å². The van der Waals surface area contributed by atoms with E-state index in [0.29, 0.717) is 17.2 Å². The fourth-order valence-corrected chi connectivity index (χ4v) is 2.19. The van der Waals surface area contributed by atoms with Crippen molar-refractivity contribution in [1.29, 1.82) is 5.26 Å².